The molecular weight excluding hydrogens is 376 g/mol. The fourth-order valence-electron chi connectivity index (χ4n) is 2.93. The standard InChI is InChI=1S/C21H22N2O4S/c1-13-8-9-16(14(2)10-13)22-21(26)15(3)27-20(25)11-23-17-6-4-5-7-18(17)28-12-19(23)24/h4-10,15H,11-12H2,1-3H3,(H,22,26)/t15-/m0/s1. The number of nitrogens with zero attached hydrogens (tertiary/aromatic N) is 1. The number of carbonyl (C=O) groups excluding carboxylic acids is 3. The molecule has 28 heavy (non-hydrogen) atoms. The predicted octanol–water partition coefficient (Wildman–Crippen LogP) is 3.31. The number of rotatable bonds is 5. The molecule has 0 saturated carbocycles. The summed E-state index contributed by atoms with van der Waals surface area (Å²) in [6.45, 7) is 5.16. The van der Waals surface area contributed by atoms with Crippen molar-refractivity contribution in [1.29, 1.82) is 0 Å². The molecule has 0 aromatic heterocycles. The number of carbonyl (C=O) groups is 3. The first-order valence-electron chi connectivity index (χ1n) is 8.95. The molecule has 146 valence electrons. The minimum atomic E-state index is -0.974. The Morgan fingerprint density at radius 2 is 1.96 bits per heavy atom. The average Bonchev–Trinajstić information content (AvgIpc) is 2.66. The molecule has 3 rings (SSSR count). The van der Waals surface area contributed by atoms with Crippen LogP contribution in [0, 0.1) is 13.8 Å². The van der Waals surface area contributed by atoms with Crippen LogP contribution in [0.25, 0.3) is 0 Å². The van der Waals surface area contributed by atoms with Gasteiger partial charge in [0.25, 0.3) is 5.91 Å². The zero-order chi connectivity index (χ0) is 20.3. The summed E-state index contributed by atoms with van der Waals surface area (Å²) in [5.74, 6) is -0.930. The maximum Gasteiger partial charge on any atom is 0.326 e. The number of amides is 2. The van der Waals surface area contributed by atoms with Crippen molar-refractivity contribution in [3.05, 3.63) is 53.6 Å². The minimum Gasteiger partial charge on any atom is -0.451 e. The highest BCUT2D eigenvalue weighted by atomic mass is 32.2. The number of anilines is 2. The topological polar surface area (TPSA) is 75.7 Å². The number of thioether (sulfide) groups is 1. The van der Waals surface area contributed by atoms with Gasteiger partial charge in [0, 0.05) is 10.6 Å². The zero-order valence-corrected chi connectivity index (χ0v) is 16.8. The van der Waals surface area contributed by atoms with Crippen molar-refractivity contribution in [3.8, 4) is 0 Å². The normalized spacial score (nSPS) is 14.2. The molecule has 2 amide bonds. The van der Waals surface area contributed by atoms with Crippen LogP contribution >= 0.6 is 11.8 Å². The van der Waals surface area contributed by atoms with Gasteiger partial charge in [-0.2, -0.15) is 0 Å². The SMILES string of the molecule is Cc1ccc(NC(=O)[C@H](C)OC(=O)CN2C(=O)CSc3ccccc32)c(C)c1. The number of hydrogen-bond acceptors (Lipinski definition) is 5. The van der Waals surface area contributed by atoms with Crippen LogP contribution in [0.4, 0.5) is 11.4 Å². The van der Waals surface area contributed by atoms with Crippen LogP contribution < -0.4 is 10.2 Å². The van der Waals surface area contributed by atoms with Crippen molar-refractivity contribution >= 4 is 40.9 Å². The Bertz CT molecular complexity index is 928. The number of esters is 1. The number of para-hydroxylation sites is 1. The second kappa shape index (κ2) is 8.48. The molecular formula is C21H22N2O4S. The van der Waals surface area contributed by atoms with Crippen LogP contribution in [0.3, 0.4) is 0 Å². The van der Waals surface area contributed by atoms with Crippen molar-refractivity contribution < 1.29 is 19.1 Å². The van der Waals surface area contributed by atoms with Gasteiger partial charge in [0.2, 0.25) is 5.91 Å². The van der Waals surface area contributed by atoms with E-state index in [1.165, 1.54) is 23.6 Å². The molecule has 0 aliphatic carbocycles. The van der Waals surface area contributed by atoms with E-state index in [2.05, 4.69) is 5.32 Å². The summed E-state index contributed by atoms with van der Waals surface area (Å²) >= 11 is 1.44. The lowest BCUT2D eigenvalue weighted by molar-refractivity contribution is -0.152. The second-order valence-electron chi connectivity index (χ2n) is 6.68. The predicted molar refractivity (Wildman–Crippen MR) is 110 cm³/mol. The first-order chi connectivity index (χ1) is 13.3. The summed E-state index contributed by atoms with van der Waals surface area (Å²) in [5.41, 5.74) is 3.39. The van der Waals surface area contributed by atoms with E-state index in [-0.39, 0.29) is 18.2 Å². The Balaban J connectivity index is 1.61. The van der Waals surface area contributed by atoms with E-state index >= 15 is 0 Å². The van der Waals surface area contributed by atoms with Gasteiger partial charge >= 0.3 is 5.97 Å². The third-order valence-electron chi connectivity index (χ3n) is 4.41. The molecule has 0 radical (unpaired) electrons. The molecule has 1 aliphatic rings. The highest BCUT2D eigenvalue weighted by molar-refractivity contribution is 8.00. The molecule has 2 aromatic rings. The molecule has 0 fully saturated rings. The lowest BCUT2D eigenvalue weighted by Gasteiger charge is -2.28. The molecule has 7 heteroatoms. The number of fused-ring (bicyclic) bond motifs is 1. The van der Waals surface area contributed by atoms with E-state index in [4.69, 9.17) is 4.74 Å². The van der Waals surface area contributed by atoms with Crippen molar-refractivity contribution in [2.24, 2.45) is 0 Å². The highest BCUT2D eigenvalue weighted by Crippen LogP contribution is 2.34. The van der Waals surface area contributed by atoms with Crippen molar-refractivity contribution in [3.63, 3.8) is 0 Å². The molecule has 2 aromatic carbocycles. The number of ether oxygens (including phenoxy) is 1. The zero-order valence-electron chi connectivity index (χ0n) is 16.0. The van der Waals surface area contributed by atoms with E-state index in [0.29, 0.717) is 11.4 Å². The van der Waals surface area contributed by atoms with Crippen LogP contribution in [0.5, 0.6) is 0 Å². The smallest absolute Gasteiger partial charge is 0.326 e. The number of hydrogen-bond donors (Lipinski definition) is 1. The highest BCUT2D eigenvalue weighted by Gasteiger charge is 2.28. The van der Waals surface area contributed by atoms with Gasteiger partial charge in [-0.05, 0) is 44.5 Å². The molecule has 1 heterocycles. The third kappa shape index (κ3) is 4.54. The van der Waals surface area contributed by atoms with Crippen LogP contribution in [0.2, 0.25) is 0 Å². The third-order valence-corrected chi connectivity index (χ3v) is 5.46. The molecule has 1 aliphatic heterocycles. The Morgan fingerprint density at radius 1 is 1.21 bits per heavy atom. The van der Waals surface area contributed by atoms with Gasteiger partial charge in [0.05, 0.1) is 11.4 Å². The second-order valence-corrected chi connectivity index (χ2v) is 7.69. The van der Waals surface area contributed by atoms with Gasteiger partial charge in [-0.1, -0.05) is 29.8 Å². The van der Waals surface area contributed by atoms with Crippen LogP contribution in [-0.4, -0.2) is 36.2 Å². The molecule has 0 bridgehead atoms. The largest absolute Gasteiger partial charge is 0.451 e. The lowest BCUT2D eigenvalue weighted by atomic mass is 10.1. The van der Waals surface area contributed by atoms with Crippen molar-refractivity contribution in [1.82, 2.24) is 0 Å². The summed E-state index contributed by atoms with van der Waals surface area (Å²) in [4.78, 5) is 39.3. The fourth-order valence-corrected chi connectivity index (χ4v) is 3.87. The minimum absolute atomic E-state index is 0.159. The first-order valence-corrected chi connectivity index (χ1v) is 9.93. The Morgan fingerprint density at radius 3 is 2.71 bits per heavy atom. The Kier molecular flexibility index (Phi) is 6.04. The first kappa shape index (κ1) is 19.9. The van der Waals surface area contributed by atoms with Gasteiger partial charge < -0.3 is 10.1 Å². The number of aryl methyl sites for hydroxylation is 2. The molecule has 0 spiro atoms. The lowest BCUT2D eigenvalue weighted by Crippen LogP contribution is -2.41. The number of nitrogens with one attached hydrogen (secondary N) is 1. The molecule has 1 atom stereocenters. The quantitative estimate of drug-likeness (QED) is 0.782. The van der Waals surface area contributed by atoms with Crippen LogP contribution in [0.1, 0.15) is 18.1 Å². The van der Waals surface area contributed by atoms with E-state index in [9.17, 15) is 14.4 Å². The van der Waals surface area contributed by atoms with Crippen molar-refractivity contribution in [2.45, 2.75) is 31.8 Å². The molecule has 0 unspecified atom stereocenters. The van der Waals surface area contributed by atoms with Gasteiger partial charge in [-0.3, -0.25) is 19.3 Å². The summed E-state index contributed by atoms with van der Waals surface area (Å²) < 4.78 is 5.26. The summed E-state index contributed by atoms with van der Waals surface area (Å²) in [7, 11) is 0. The maximum atomic E-state index is 12.4. The van der Waals surface area contributed by atoms with Crippen LogP contribution in [0.15, 0.2) is 47.4 Å². The van der Waals surface area contributed by atoms with E-state index in [0.717, 1.165) is 16.0 Å². The number of benzene rings is 2. The summed E-state index contributed by atoms with van der Waals surface area (Å²) in [6, 6.07) is 13.1. The monoisotopic (exact) mass is 398 g/mol. The van der Waals surface area contributed by atoms with Gasteiger partial charge in [-0.25, -0.2) is 0 Å². The molecule has 1 N–H and O–H groups in total. The summed E-state index contributed by atoms with van der Waals surface area (Å²) in [6.07, 6.45) is -0.974. The van der Waals surface area contributed by atoms with E-state index in [1.54, 1.807) is 6.07 Å². The van der Waals surface area contributed by atoms with Gasteiger partial charge in [-0.15, -0.1) is 11.8 Å². The average molecular weight is 398 g/mol. The summed E-state index contributed by atoms with van der Waals surface area (Å²) in [5, 5.41) is 2.77. The van der Waals surface area contributed by atoms with Crippen LogP contribution in [-0.2, 0) is 19.1 Å². The molecule has 6 nitrogen and oxygen atoms in total. The van der Waals surface area contributed by atoms with Crippen molar-refractivity contribution in [2.75, 3.05) is 22.5 Å². The van der Waals surface area contributed by atoms with Gasteiger partial charge in [0.1, 0.15) is 6.54 Å². The molecule has 0 saturated heterocycles. The Hall–Kier alpha value is -2.80. The maximum absolute atomic E-state index is 12.4. The fraction of sp³-hybridized carbons (Fsp3) is 0.286. The Labute approximate surface area is 168 Å². The van der Waals surface area contributed by atoms with E-state index in [1.807, 2.05) is 50.2 Å². The van der Waals surface area contributed by atoms with Gasteiger partial charge in [0.15, 0.2) is 6.10 Å². The van der Waals surface area contributed by atoms with E-state index < -0.39 is 18.0 Å².